The van der Waals surface area contributed by atoms with E-state index in [-0.39, 0.29) is 37.5 Å². The number of rotatable bonds is 55. The van der Waals surface area contributed by atoms with E-state index in [1.807, 2.05) is 0 Å². The molecule has 0 rings (SSSR count). The molecule has 0 aliphatic rings. The van der Waals surface area contributed by atoms with Crippen LogP contribution in [0, 0.1) is 0 Å². The van der Waals surface area contributed by atoms with Gasteiger partial charge in [-0.25, -0.2) is 0 Å². The topological polar surface area (TPSA) is 78.9 Å². The lowest BCUT2D eigenvalue weighted by Gasteiger charge is -2.18. The van der Waals surface area contributed by atoms with E-state index in [1.54, 1.807) is 0 Å². The highest BCUT2D eigenvalue weighted by Crippen LogP contribution is 2.14. The van der Waals surface area contributed by atoms with E-state index >= 15 is 0 Å². The molecule has 77 heavy (non-hydrogen) atoms. The molecule has 1 unspecified atom stereocenters. The molecule has 0 spiro atoms. The Hall–Kier alpha value is -4.71. The molecule has 1 atom stereocenters. The highest BCUT2D eigenvalue weighted by atomic mass is 16.6. The zero-order chi connectivity index (χ0) is 55.7. The van der Waals surface area contributed by atoms with E-state index in [1.165, 1.54) is 77.0 Å². The van der Waals surface area contributed by atoms with Gasteiger partial charge in [-0.15, -0.1) is 0 Å². The van der Waals surface area contributed by atoms with Crippen LogP contribution in [0.5, 0.6) is 0 Å². The highest BCUT2D eigenvalue weighted by molar-refractivity contribution is 5.71. The Balaban J connectivity index is 4.40. The molecule has 0 aliphatic carbocycles. The molecular formula is C71H114O6. The van der Waals surface area contributed by atoms with Crippen LogP contribution in [0.1, 0.15) is 265 Å². The van der Waals surface area contributed by atoms with Gasteiger partial charge in [0.2, 0.25) is 0 Å². The minimum Gasteiger partial charge on any atom is -0.462 e. The Morgan fingerprint density at radius 1 is 0.273 bits per heavy atom. The van der Waals surface area contributed by atoms with Crippen molar-refractivity contribution < 1.29 is 28.6 Å². The van der Waals surface area contributed by atoms with E-state index in [2.05, 4.69) is 167 Å². The summed E-state index contributed by atoms with van der Waals surface area (Å²) in [5.41, 5.74) is 0. The number of hydrogen-bond donors (Lipinski definition) is 0. The summed E-state index contributed by atoms with van der Waals surface area (Å²) in [4.78, 5) is 38.2. The van der Waals surface area contributed by atoms with Crippen molar-refractivity contribution in [2.45, 2.75) is 271 Å². The first-order valence-electron chi connectivity index (χ1n) is 31.3. The van der Waals surface area contributed by atoms with Crippen molar-refractivity contribution in [2.75, 3.05) is 13.2 Å². The fraction of sp³-hybridized carbons (Fsp3) is 0.620. The van der Waals surface area contributed by atoms with Crippen LogP contribution in [-0.2, 0) is 28.6 Å². The number of esters is 3. The second kappa shape index (κ2) is 63.8. The lowest BCUT2D eigenvalue weighted by Crippen LogP contribution is -2.30. The van der Waals surface area contributed by atoms with Gasteiger partial charge in [0.05, 0.1) is 0 Å². The molecule has 6 heteroatoms. The summed E-state index contributed by atoms with van der Waals surface area (Å²) in [6.45, 7) is 6.35. The van der Waals surface area contributed by atoms with Gasteiger partial charge in [0, 0.05) is 19.3 Å². The van der Waals surface area contributed by atoms with Crippen molar-refractivity contribution in [1.82, 2.24) is 0 Å². The minimum absolute atomic E-state index is 0.107. The maximum absolute atomic E-state index is 12.9. The van der Waals surface area contributed by atoms with Gasteiger partial charge in [-0.3, -0.25) is 14.4 Å². The first-order valence-corrected chi connectivity index (χ1v) is 31.3. The fourth-order valence-corrected chi connectivity index (χ4v) is 8.17. The molecule has 0 aromatic heterocycles. The largest absolute Gasteiger partial charge is 0.462 e. The predicted molar refractivity (Wildman–Crippen MR) is 334 cm³/mol. The third-order valence-corrected chi connectivity index (χ3v) is 12.8. The summed E-state index contributed by atoms with van der Waals surface area (Å²) in [6, 6.07) is 0. The molecule has 0 radical (unpaired) electrons. The number of carbonyl (C=O) groups is 3. The van der Waals surface area contributed by atoms with Gasteiger partial charge in [-0.05, 0) is 141 Å². The zero-order valence-corrected chi connectivity index (χ0v) is 49.7. The first-order chi connectivity index (χ1) is 38.0. The van der Waals surface area contributed by atoms with Gasteiger partial charge in [-0.1, -0.05) is 250 Å². The highest BCUT2D eigenvalue weighted by Gasteiger charge is 2.19. The van der Waals surface area contributed by atoms with Gasteiger partial charge < -0.3 is 14.2 Å². The SMILES string of the molecule is CC/C=C\C/C=C\C/C=C\C/C=C\C/C=C\C/C=C\C/C=C\CCCCCCCCCC(=O)OCC(COC(=O)CCCCCCC/C=C\CCCCCCCC)OC(=O)CCCC/C=C\C/C=C\C/C=C\C/C=C\CC. The van der Waals surface area contributed by atoms with Gasteiger partial charge in [0.1, 0.15) is 13.2 Å². The zero-order valence-electron chi connectivity index (χ0n) is 49.7. The number of hydrogen-bond acceptors (Lipinski definition) is 6. The van der Waals surface area contributed by atoms with Crippen LogP contribution in [0.4, 0.5) is 0 Å². The minimum atomic E-state index is -0.814. The van der Waals surface area contributed by atoms with Crippen molar-refractivity contribution in [3.05, 3.63) is 146 Å². The molecule has 0 aromatic rings. The van der Waals surface area contributed by atoms with Crippen LogP contribution in [0.3, 0.4) is 0 Å². The average Bonchev–Trinajstić information content (AvgIpc) is 3.43. The van der Waals surface area contributed by atoms with Crippen molar-refractivity contribution in [3.8, 4) is 0 Å². The lowest BCUT2D eigenvalue weighted by atomic mass is 10.1. The number of allylic oxidation sites excluding steroid dienone is 24. The number of carbonyl (C=O) groups excluding carboxylic acids is 3. The Kier molecular flexibility index (Phi) is 59.9. The van der Waals surface area contributed by atoms with Crippen LogP contribution in [-0.4, -0.2) is 37.2 Å². The van der Waals surface area contributed by atoms with Crippen molar-refractivity contribution in [3.63, 3.8) is 0 Å². The predicted octanol–water partition coefficient (Wildman–Crippen LogP) is 21.5. The summed E-state index contributed by atoms with van der Waals surface area (Å²) in [7, 11) is 0. The normalized spacial score (nSPS) is 13.1. The number of ether oxygens (including phenoxy) is 3. The quantitative estimate of drug-likeness (QED) is 0.0261. The Labute approximate surface area is 474 Å². The maximum atomic E-state index is 12.9. The summed E-state index contributed by atoms with van der Waals surface area (Å²) in [6.07, 6.45) is 91.4. The smallest absolute Gasteiger partial charge is 0.306 e. The van der Waals surface area contributed by atoms with E-state index < -0.39 is 6.10 Å². The van der Waals surface area contributed by atoms with Gasteiger partial charge >= 0.3 is 17.9 Å². The third-order valence-electron chi connectivity index (χ3n) is 12.8. The van der Waals surface area contributed by atoms with E-state index in [0.717, 1.165) is 141 Å². The van der Waals surface area contributed by atoms with Crippen LogP contribution in [0.25, 0.3) is 0 Å². The molecule has 434 valence electrons. The molecule has 0 amide bonds. The molecule has 6 nitrogen and oxygen atoms in total. The number of unbranched alkanes of at least 4 members (excludes halogenated alkanes) is 20. The van der Waals surface area contributed by atoms with Crippen molar-refractivity contribution >= 4 is 17.9 Å². The van der Waals surface area contributed by atoms with Crippen LogP contribution in [0.2, 0.25) is 0 Å². The van der Waals surface area contributed by atoms with Crippen LogP contribution >= 0.6 is 0 Å². The molecule has 0 saturated carbocycles. The molecule has 0 bridgehead atoms. The van der Waals surface area contributed by atoms with Gasteiger partial charge in [0.25, 0.3) is 0 Å². The molecular weight excluding hydrogens is 949 g/mol. The summed E-state index contributed by atoms with van der Waals surface area (Å²) < 4.78 is 16.8. The van der Waals surface area contributed by atoms with Crippen LogP contribution in [0.15, 0.2) is 146 Å². The lowest BCUT2D eigenvalue weighted by molar-refractivity contribution is -0.167. The van der Waals surface area contributed by atoms with Crippen LogP contribution < -0.4 is 0 Å². The Bertz CT molecular complexity index is 1700. The molecule has 0 saturated heterocycles. The van der Waals surface area contributed by atoms with Gasteiger partial charge in [0.15, 0.2) is 6.10 Å². The summed E-state index contributed by atoms with van der Waals surface area (Å²) in [5.74, 6) is -0.970. The molecule has 0 N–H and O–H groups in total. The Morgan fingerprint density at radius 3 is 0.831 bits per heavy atom. The van der Waals surface area contributed by atoms with E-state index in [0.29, 0.717) is 19.3 Å². The second-order valence-electron chi connectivity index (χ2n) is 20.2. The van der Waals surface area contributed by atoms with Gasteiger partial charge in [-0.2, -0.15) is 0 Å². The van der Waals surface area contributed by atoms with Crippen molar-refractivity contribution in [1.29, 1.82) is 0 Å². The monoisotopic (exact) mass is 1060 g/mol. The second-order valence-corrected chi connectivity index (χ2v) is 20.2. The summed E-state index contributed by atoms with van der Waals surface area (Å²) in [5, 5.41) is 0. The summed E-state index contributed by atoms with van der Waals surface area (Å²) >= 11 is 0. The molecule has 0 fully saturated rings. The Morgan fingerprint density at radius 2 is 0.506 bits per heavy atom. The fourth-order valence-electron chi connectivity index (χ4n) is 8.17. The third kappa shape index (κ3) is 62.0. The van der Waals surface area contributed by atoms with E-state index in [4.69, 9.17) is 14.2 Å². The standard InChI is InChI=1S/C71H114O6/c1-4-7-10-13-16-19-22-25-28-29-30-31-32-33-34-35-36-37-38-39-40-41-44-46-49-52-55-58-61-64-70(73)76-67-68(77-71(74)65-62-59-56-53-50-47-43-27-24-21-18-15-12-9-6-3)66-75-69(72)63-60-57-54-51-48-45-42-26-23-20-17-14-11-8-5-2/h7,9-10,12,16,18-19,21,25-28,30-31,33-34,36-37,39-40,42-43,50,53,68H,4-6,8,11,13-15,17,20,22-24,29,32,35,38,41,44-49,51-52,54-67H2,1-3H3/b10-7-,12-9-,19-16-,21-18-,28-25-,31-30-,34-33-,37-36-,40-39-,42-26-,43-27-,53-50-. The molecule has 0 aromatic carbocycles. The first kappa shape index (κ1) is 72.3. The van der Waals surface area contributed by atoms with E-state index in [9.17, 15) is 14.4 Å². The molecule has 0 aliphatic heterocycles. The average molecular weight is 1060 g/mol. The molecule has 0 heterocycles. The maximum Gasteiger partial charge on any atom is 0.306 e. The van der Waals surface area contributed by atoms with Crippen molar-refractivity contribution in [2.24, 2.45) is 0 Å².